The second kappa shape index (κ2) is 5.90. The summed E-state index contributed by atoms with van der Waals surface area (Å²) in [5.41, 5.74) is 1.84. The minimum Gasteiger partial charge on any atom is -0.388 e. The van der Waals surface area contributed by atoms with Gasteiger partial charge < -0.3 is 20.1 Å². The quantitative estimate of drug-likeness (QED) is 0.703. The molecule has 1 aromatic carbocycles. The summed E-state index contributed by atoms with van der Waals surface area (Å²) in [5.74, 6) is 0. The molecule has 1 aromatic heterocycles. The van der Waals surface area contributed by atoms with E-state index in [1.807, 2.05) is 30.3 Å². The van der Waals surface area contributed by atoms with Crippen LogP contribution in [0.3, 0.4) is 0 Å². The van der Waals surface area contributed by atoms with Crippen molar-refractivity contribution in [1.82, 2.24) is 15.0 Å². The molecule has 4 atom stereocenters. The van der Waals surface area contributed by atoms with Gasteiger partial charge >= 0.3 is 0 Å². The van der Waals surface area contributed by atoms with E-state index < -0.39 is 24.5 Å². The molecule has 21 heavy (non-hydrogen) atoms. The van der Waals surface area contributed by atoms with Crippen LogP contribution in [0.5, 0.6) is 0 Å². The summed E-state index contributed by atoms with van der Waals surface area (Å²) < 4.78 is 6.70. The van der Waals surface area contributed by atoms with Crippen molar-refractivity contribution in [3.63, 3.8) is 0 Å². The lowest BCUT2D eigenvalue weighted by atomic mass is 10.0. The van der Waals surface area contributed by atoms with Crippen LogP contribution >= 0.6 is 0 Å². The highest BCUT2D eigenvalue weighted by molar-refractivity contribution is 5.19. The molecule has 0 saturated carbocycles. The van der Waals surface area contributed by atoms with Crippen LogP contribution in [0.25, 0.3) is 0 Å². The van der Waals surface area contributed by atoms with Crippen LogP contribution in [-0.2, 0) is 11.2 Å². The topological polar surface area (TPSA) is 101 Å². The van der Waals surface area contributed by atoms with E-state index in [0.29, 0.717) is 6.42 Å². The number of aromatic nitrogens is 3. The van der Waals surface area contributed by atoms with Crippen LogP contribution in [0.15, 0.2) is 36.5 Å². The molecule has 3 rings (SSSR count). The fourth-order valence-corrected chi connectivity index (χ4v) is 2.35. The molecule has 2 aromatic rings. The third-order valence-corrected chi connectivity index (χ3v) is 3.52. The van der Waals surface area contributed by atoms with Gasteiger partial charge in [-0.3, -0.25) is 0 Å². The zero-order chi connectivity index (χ0) is 14.8. The van der Waals surface area contributed by atoms with E-state index in [2.05, 4.69) is 10.3 Å². The Balaban J connectivity index is 1.73. The third kappa shape index (κ3) is 2.96. The highest BCUT2D eigenvalue weighted by atomic mass is 16.5. The van der Waals surface area contributed by atoms with Crippen molar-refractivity contribution in [2.45, 2.75) is 31.0 Å². The molecule has 1 fully saturated rings. The normalized spacial score (nSPS) is 29.5. The number of hydrogen-bond acceptors (Lipinski definition) is 6. The van der Waals surface area contributed by atoms with Gasteiger partial charge in [0.25, 0.3) is 0 Å². The van der Waals surface area contributed by atoms with Crippen LogP contribution < -0.4 is 0 Å². The van der Waals surface area contributed by atoms with E-state index in [0.717, 1.165) is 11.3 Å². The summed E-state index contributed by atoms with van der Waals surface area (Å²) in [4.78, 5) is 0. The fourth-order valence-electron chi connectivity index (χ4n) is 2.35. The van der Waals surface area contributed by atoms with Gasteiger partial charge in [0.15, 0.2) is 6.23 Å². The number of benzene rings is 1. The third-order valence-electron chi connectivity index (χ3n) is 3.52. The number of rotatable bonds is 3. The maximum absolute atomic E-state index is 9.94. The maximum Gasteiger partial charge on any atom is 0.180 e. The lowest BCUT2D eigenvalue weighted by Gasteiger charge is -2.34. The molecule has 1 aliphatic rings. The van der Waals surface area contributed by atoms with Crippen LogP contribution in [0, 0.1) is 0 Å². The van der Waals surface area contributed by atoms with E-state index in [4.69, 9.17) is 4.74 Å². The molecule has 3 N–H and O–H groups in total. The van der Waals surface area contributed by atoms with Crippen LogP contribution in [0.4, 0.5) is 0 Å². The zero-order valence-corrected chi connectivity index (χ0v) is 11.3. The van der Waals surface area contributed by atoms with Gasteiger partial charge in [-0.25, -0.2) is 4.68 Å². The first-order valence-electron chi connectivity index (χ1n) is 6.75. The summed E-state index contributed by atoms with van der Waals surface area (Å²) in [6.45, 7) is -0.0588. The van der Waals surface area contributed by atoms with Gasteiger partial charge in [0.1, 0.15) is 18.3 Å². The molecule has 0 spiro atoms. The molecule has 1 saturated heterocycles. The summed E-state index contributed by atoms with van der Waals surface area (Å²) in [5, 5.41) is 37.0. The molecule has 0 bridgehead atoms. The van der Waals surface area contributed by atoms with Crippen molar-refractivity contribution in [1.29, 1.82) is 0 Å². The summed E-state index contributed by atoms with van der Waals surface area (Å²) >= 11 is 0. The highest BCUT2D eigenvalue weighted by Gasteiger charge is 2.39. The van der Waals surface area contributed by atoms with Crippen molar-refractivity contribution in [2.75, 3.05) is 6.61 Å². The monoisotopic (exact) mass is 291 g/mol. The van der Waals surface area contributed by atoms with Crippen LogP contribution in [0.2, 0.25) is 0 Å². The molecule has 1 aliphatic heterocycles. The Bertz CT molecular complexity index is 589. The Morgan fingerprint density at radius 3 is 2.67 bits per heavy atom. The average molecular weight is 291 g/mol. The van der Waals surface area contributed by atoms with Gasteiger partial charge in [0.2, 0.25) is 0 Å². The molecular weight excluding hydrogens is 274 g/mol. The molecular formula is C14H17N3O4. The predicted molar refractivity (Wildman–Crippen MR) is 72.3 cm³/mol. The van der Waals surface area contributed by atoms with E-state index in [1.165, 1.54) is 4.68 Å². The van der Waals surface area contributed by atoms with Gasteiger partial charge in [-0.1, -0.05) is 35.5 Å². The molecule has 7 heteroatoms. The number of hydrogen-bond donors (Lipinski definition) is 3. The van der Waals surface area contributed by atoms with Crippen molar-refractivity contribution in [2.24, 2.45) is 0 Å². The second-order valence-corrected chi connectivity index (χ2v) is 5.12. The molecule has 112 valence electrons. The predicted octanol–water partition coefficient (Wildman–Crippen LogP) is -0.520. The minimum atomic E-state index is -1.26. The van der Waals surface area contributed by atoms with Gasteiger partial charge in [0, 0.05) is 6.42 Å². The molecule has 0 amide bonds. The summed E-state index contributed by atoms with van der Waals surface area (Å²) in [7, 11) is 0. The van der Waals surface area contributed by atoms with Gasteiger partial charge in [-0.2, -0.15) is 0 Å². The fraction of sp³-hybridized carbons (Fsp3) is 0.429. The standard InChI is InChI=1S/C14H17N3O4/c18-11-8-21-14(13(20)12(11)19)17-7-10(15-16-17)6-9-4-2-1-3-5-9/h1-5,7,11-14,18-20H,6,8H2/t11-,12+,13-,14-/m1/s1. The average Bonchev–Trinajstić information content (AvgIpc) is 2.94. The first-order chi connectivity index (χ1) is 10.1. The van der Waals surface area contributed by atoms with Gasteiger partial charge in [-0.05, 0) is 5.56 Å². The maximum atomic E-state index is 9.94. The van der Waals surface area contributed by atoms with E-state index in [1.54, 1.807) is 6.20 Å². The second-order valence-electron chi connectivity index (χ2n) is 5.12. The molecule has 2 heterocycles. The Kier molecular flexibility index (Phi) is 3.98. The van der Waals surface area contributed by atoms with Crippen molar-refractivity contribution >= 4 is 0 Å². The van der Waals surface area contributed by atoms with Gasteiger partial charge in [-0.15, -0.1) is 5.10 Å². The van der Waals surface area contributed by atoms with Crippen molar-refractivity contribution in [3.05, 3.63) is 47.8 Å². The zero-order valence-electron chi connectivity index (χ0n) is 11.3. The smallest absolute Gasteiger partial charge is 0.180 e. The number of ether oxygens (including phenoxy) is 1. The van der Waals surface area contributed by atoms with Crippen LogP contribution in [0.1, 0.15) is 17.5 Å². The molecule has 7 nitrogen and oxygen atoms in total. The Morgan fingerprint density at radius 1 is 1.14 bits per heavy atom. The lowest BCUT2D eigenvalue weighted by molar-refractivity contribution is -0.214. The van der Waals surface area contributed by atoms with Crippen molar-refractivity contribution in [3.8, 4) is 0 Å². The summed E-state index contributed by atoms with van der Waals surface area (Å²) in [6, 6.07) is 9.83. The van der Waals surface area contributed by atoms with Crippen molar-refractivity contribution < 1.29 is 20.1 Å². The number of nitrogens with zero attached hydrogens (tertiary/aromatic N) is 3. The van der Waals surface area contributed by atoms with E-state index in [-0.39, 0.29) is 6.61 Å². The lowest BCUT2D eigenvalue weighted by Crippen LogP contribution is -2.50. The largest absolute Gasteiger partial charge is 0.388 e. The first-order valence-corrected chi connectivity index (χ1v) is 6.75. The van der Waals surface area contributed by atoms with E-state index >= 15 is 0 Å². The van der Waals surface area contributed by atoms with Crippen LogP contribution in [-0.4, -0.2) is 55.2 Å². The Labute approximate surface area is 121 Å². The summed E-state index contributed by atoms with van der Waals surface area (Å²) in [6.07, 6.45) is -2.16. The number of aliphatic hydroxyl groups excluding tert-OH is 3. The van der Waals surface area contributed by atoms with Gasteiger partial charge in [0.05, 0.1) is 18.5 Å². The van der Waals surface area contributed by atoms with E-state index in [9.17, 15) is 15.3 Å². The first kappa shape index (κ1) is 14.2. The Morgan fingerprint density at radius 2 is 1.90 bits per heavy atom. The minimum absolute atomic E-state index is 0.0588. The molecule has 0 unspecified atom stereocenters. The number of aliphatic hydroxyl groups is 3. The highest BCUT2D eigenvalue weighted by Crippen LogP contribution is 2.23. The Hall–Kier alpha value is -1.80. The SMILES string of the molecule is O[C@@H]1[C@@H](O)[C@H](n2cc(Cc3ccccc3)nn2)OC[C@H]1O. The molecule has 0 radical (unpaired) electrons. The molecule has 0 aliphatic carbocycles.